The Hall–Kier alpha value is -7.96. The number of benzene rings is 8. The monoisotopic (exact) mass is 773 g/mol. The maximum absolute atomic E-state index is 6.75. The van der Waals surface area contributed by atoms with Gasteiger partial charge in [0.25, 0.3) is 6.33 Å². The van der Waals surface area contributed by atoms with Gasteiger partial charge in [-0.15, -0.1) is 0 Å². The molecule has 0 aliphatic rings. The maximum atomic E-state index is 6.75. The number of imidazole rings is 2. The molecule has 0 spiro atoms. The highest BCUT2D eigenvalue weighted by atomic mass is 16.5. The van der Waals surface area contributed by atoms with Crippen LogP contribution in [-0.2, 0) is 0 Å². The lowest BCUT2D eigenvalue weighted by Crippen LogP contribution is -2.31. The van der Waals surface area contributed by atoms with E-state index in [4.69, 9.17) is 9.72 Å². The predicted molar refractivity (Wildman–Crippen MR) is 242 cm³/mol. The first kappa shape index (κ1) is 35.2. The third-order valence-electron chi connectivity index (χ3n) is 11.5. The maximum Gasteiger partial charge on any atom is 0.269 e. The standard InChI is InChI=1S/C54H39N5O/c1-37-16-13-17-38(2)52(37)56-33-32-55-54(56)59-48-27-10-9-24-46(48)47-31-30-43(35-51(47)59)60-42-23-14-22-41(34-42)57-36-58(50-29-12-11-28-49(50)57)53-44(39-18-5-3-6-19-39)25-15-26-45(53)40-20-7-4-8-21-40/h3-35H,1-2H3. The highest BCUT2D eigenvalue weighted by Crippen LogP contribution is 2.38. The molecule has 0 saturated heterocycles. The largest absolute Gasteiger partial charge is 0.458 e. The summed E-state index contributed by atoms with van der Waals surface area (Å²) in [6.07, 6.45) is 7.71. The Kier molecular flexibility index (Phi) is 8.48. The van der Waals surface area contributed by atoms with Crippen LogP contribution in [0, 0.1) is 20.2 Å². The van der Waals surface area contributed by atoms with Gasteiger partial charge < -0.3 is 4.74 Å². The molecule has 0 bridgehead atoms. The van der Waals surface area contributed by atoms with Crippen molar-refractivity contribution in [3.05, 3.63) is 218 Å². The summed E-state index contributed by atoms with van der Waals surface area (Å²) in [4.78, 5) is 4.95. The average Bonchev–Trinajstić information content (AvgIpc) is 4.01. The van der Waals surface area contributed by atoms with E-state index < -0.39 is 0 Å². The minimum absolute atomic E-state index is 0.721. The molecule has 0 aliphatic heterocycles. The van der Waals surface area contributed by atoms with E-state index in [9.17, 15) is 0 Å². The molecule has 0 saturated carbocycles. The van der Waals surface area contributed by atoms with Crippen LogP contribution in [0.2, 0.25) is 0 Å². The Morgan fingerprint density at radius 2 is 1.15 bits per heavy atom. The Bertz CT molecular complexity index is 3300. The predicted octanol–water partition coefficient (Wildman–Crippen LogP) is 12.7. The van der Waals surface area contributed by atoms with Crippen LogP contribution in [0.25, 0.3) is 78.1 Å². The molecule has 11 aromatic rings. The molecule has 8 aromatic carbocycles. The summed E-state index contributed by atoms with van der Waals surface area (Å²) in [6.45, 7) is 4.30. The van der Waals surface area contributed by atoms with E-state index >= 15 is 0 Å². The quantitative estimate of drug-likeness (QED) is 0.114. The fourth-order valence-electron chi connectivity index (χ4n) is 8.78. The normalized spacial score (nSPS) is 11.5. The molecule has 3 aromatic heterocycles. The van der Waals surface area contributed by atoms with Crippen molar-refractivity contribution >= 4 is 32.8 Å². The summed E-state index contributed by atoms with van der Waals surface area (Å²) in [6, 6.07) is 65.7. The number of aryl methyl sites for hydroxylation is 2. The molecule has 3 heterocycles. The number of hydrogen-bond acceptors (Lipinski definition) is 2. The van der Waals surface area contributed by atoms with Crippen LogP contribution in [0.5, 0.6) is 11.5 Å². The first-order chi connectivity index (χ1) is 29.6. The summed E-state index contributed by atoms with van der Waals surface area (Å²) in [7, 11) is 0. The fraction of sp³-hybridized carbons (Fsp3) is 0.0370. The van der Waals surface area contributed by atoms with E-state index in [0.717, 1.165) is 89.6 Å². The molecule has 6 heteroatoms. The first-order valence-corrected chi connectivity index (χ1v) is 20.2. The molecule has 0 radical (unpaired) electrons. The molecule has 0 amide bonds. The van der Waals surface area contributed by atoms with E-state index in [1.54, 1.807) is 0 Å². The Labute approximate surface area is 348 Å². The van der Waals surface area contributed by atoms with Crippen molar-refractivity contribution in [2.24, 2.45) is 0 Å². The van der Waals surface area contributed by atoms with Gasteiger partial charge in [-0.25, -0.2) is 4.98 Å². The molecule has 0 unspecified atom stereocenters. The lowest BCUT2D eigenvalue weighted by molar-refractivity contribution is -0.571. The molecule has 286 valence electrons. The van der Waals surface area contributed by atoms with Gasteiger partial charge in [0.15, 0.2) is 0 Å². The average molecular weight is 774 g/mol. The summed E-state index contributed by atoms with van der Waals surface area (Å²) < 4.78 is 15.5. The smallest absolute Gasteiger partial charge is 0.269 e. The second-order valence-electron chi connectivity index (χ2n) is 15.2. The molecule has 0 aliphatic carbocycles. The van der Waals surface area contributed by atoms with Gasteiger partial charge in [-0.2, -0.15) is 0 Å². The number of nitrogens with zero attached hydrogens (tertiary/aromatic N) is 5. The molecule has 11 rings (SSSR count). The lowest BCUT2D eigenvalue weighted by atomic mass is 9.95. The van der Waals surface area contributed by atoms with Gasteiger partial charge in [-0.3, -0.25) is 18.3 Å². The van der Waals surface area contributed by atoms with Crippen molar-refractivity contribution in [1.29, 1.82) is 0 Å². The highest BCUT2D eigenvalue weighted by Gasteiger charge is 2.21. The number of aromatic nitrogens is 5. The van der Waals surface area contributed by atoms with E-state index in [1.807, 2.05) is 24.5 Å². The van der Waals surface area contributed by atoms with Gasteiger partial charge in [0.2, 0.25) is 5.95 Å². The van der Waals surface area contributed by atoms with Crippen LogP contribution in [0.15, 0.2) is 200 Å². The molecular weight excluding hydrogens is 735 g/mol. The van der Waals surface area contributed by atoms with Crippen LogP contribution in [0.4, 0.5) is 0 Å². The van der Waals surface area contributed by atoms with Crippen LogP contribution < -0.4 is 9.30 Å². The molecule has 0 fully saturated rings. The van der Waals surface area contributed by atoms with Crippen molar-refractivity contribution in [3.8, 4) is 56.8 Å². The van der Waals surface area contributed by atoms with Crippen molar-refractivity contribution < 1.29 is 9.30 Å². The second kappa shape index (κ2) is 14.5. The summed E-state index contributed by atoms with van der Waals surface area (Å²) in [5.74, 6) is 2.28. The van der Waals surface area contributed by atoms with Crippen LogP contribution in [-0.4, -0.2) is 18.7 Å². The summed E-state index contributed by atoms with van der Waals surface area (Å²) in [5, 5.41) is 2.29. The van der Waals surface area contributed by atoms with Crippen molar-refractivity contribution in [3.63, 3.8) is 0 Å². The molecular formula is C54H39N5O. The van der Waals surface area contributed by atoms with Gasteiger partial charge in [0.05, 0.1) is 39.1 Å². The zero-order chi connectivity index (χ0) is 40.2. The van der Waals surface area contributed by atoms with Crippen molar-refractivity contribution in [2.75, 3.05) is 0 Å². The Morgan fingerprint density at radius 3 is 1.90 bits per heavy atom. The SMILES string of the molecule is Cc1cccc(C)c1-n1ccnc1-n1c2ccccc2c2ccc(Oc3cccc(-n4[c-][n+](-c5c(-c6ccccc6)cccc5-c5ccccc5)c5ccccc54)c3)cc21. The van der Waals surface area contributed by atoms with Crippen LogP contribution in [0.3, 0.4) is 0 Å². The minimum atomic E-state index is 0.721. The number of rotatable bonds is 8. The summed E-state index contributed by atoms with van der Waals surface area (Å²) >= 11 is 0. The van der Waals surface area contributed by atoms with Gasteiger partial charge in [0, 0.05) is 29.2 Å². The van der Waals surface area contributed by atoms with Crippen molar-refractivity contribution in [1.82, 2.24) is 18.7 Å². The van der Waals surface area contributed by atoms with E-state index in [1.165, 1.54) is 11.1 Å². The molecule has 6 nitrogen and oxygen atoms in total. The number of para-hydroxylation sites is 5. The Balaban J connectivity index is 1.03. The molecule has 0 atom stereocenters. The van der Waals surface area contributed by atoms with E-state index in [2.05, 4.69) is 214 Å². The van der Waals surface area contributed by atoms with Crippen molar-refractivity contribution in [2.45, 2.75) is 13.8 Å². The van der Waals surface area contributed by atoms with Crippen LogP contribution in [0.1, 0.15) is 11.1 Å². The molecule has 0 N–H and O–H groups in total. The van der Waals surface area contributed by atoms with Gasteiger partial charge in [-0.05, 0) is 83.6 Å². The first-order valence-electron chi connectivity index (χ1n) is 20.2. The third kappa shape index (κ3) is 5.88. The second-order valence-corrected chi connectivity index (χ2v) is 15.2. The molecule has 60 heavy (non-hydrogen) atoms. The van der Waals surface area contributed by atoms with E-state index in [0.29, 0.717) is 0 Å². The zero-order valence-corrected chi connectivity index (χ0v) is 33.2. The number of hydrogen-bond donors (Lipinski definition) is 0. The lowest BCUT2D eigenvalue weighted by Gasteiger charge is -2.17. The topological polar surface area (TPSA) is 40.8 Å². The summed E-state index contributed by atoms with van der Waals surface area (Å²) in [5.41, 5.74) is 14.2. The van der Waals surface area contributed by atoms with Gasteiger partial charge in [0.1, 0.15) is 11.5 Å². The fourth-order valence-corrected chi connectivity index (χ4v) is 8.78. The number of fused-ring (bicyclic) bond motifs is 4. The number of ether oxygens (including phenoxy) is 1. The highest BCUT2D eigenvalue weighted by molar-refractivity contribution is 6.09. The van der Waals surface area contributed by atoms with Gasteiger partial charge >= 0.3 is 0 Å². The van der Waals surface area contributed by atoms with Crippen LogP contribution >= 0.6 is 0 Å². The third-order valence-corrected chi connectivity index (χ3v) is 11.5. The Morgan fingerprint density at radius 1 is 0.533 bits per heavy atom. The minimum Gasteiger partial charge on any atom is -0.458 e. The zero-order valence-electron chi connectivity index (χ0n) is 33.2. The van der Waals surface area contributed by atoms with Gasteiger partial charge in [-0.1, -0.05) is 146 Å². The van der Waals surface area contributed by atoms with E-state index in [-0.39, 0.29) is 0 Å².